The SMILES string of the molecule is CNC(=O)C(Cc1ccccc1)N(Cc1ccccc1)C(=O)CN(c1ccc(Cl)c(Cl)c1)S(=O)(=O)c1ccccc1. The summed E-state index contributed by atoms with van der Waals surface area (Å²) in [6, 6.07) is 29.8. The number of nitrogens with one attached hydrogen (secondary N) is 1. The quantitative estimate of drug-likeness (QED) is 0.241. The third kappa shape index (κ3) is 7.47. The van der Waals surface area contributed by atoms with Gasteiger partial charge in [-0.2, -0.15) is 0 Å². The summed E-state index contributed by atoms with van der Waals surface area (Å²) in [5, 5.41) is 3.04. The Morgan fingerprint density at radius 3 is 1.90 bits per heavy atom. The Morgan fingerprint density at radius 2 is 1.34 bits per heavy atom. The van der Waals surface area contributed by atoms with Crippen LogP contribution in [0.5, 0.6) is 0 Å². The molecule has 0 fully saturated rings. The van der Waals surface area contributed by atoms with Crippen molar-refractivity contribution < 1.29 is 18.0 Å². The topological polar surface area (TPSA) is 86.8 Å². The van der Waals surface area contributed by atoms with E-state index in [9.17, 15) is 18.0 Å². The molecule has 7 nitrogen and oxygen atoms in total. The van der Waals surface area contributed by atoms with Crippen LogP contribution in [0, 0.1) is 0 Å². The maximum Gasteiger partial charge on any atom is 0.264 e. The number of anilines is 1. The van der Waals surface area contributed by atoms with Gasteiger partial charge in [0, 0.05) is 20.0 Å². The number of hydrogen-bond donors (Lipinski definition) is 1. The predicted molar refractivity (Wildman–Crippen MR) is 162 cm³/mol. The third-order valence-electron chi connectivity index (χ3n) is 6.51. The van der Waals surface area contributed by atoms with Crippen LogP contribution in [0.25, 0.3) is 0 Å². The average Bonchev–Trinajstić information content (AvgIpc) is 3.00. The Bertz CT molecular complexity index is 1590. The van der Waals surface area contributed by atoms with E-state index >= 15 is 0 Å². The molecule has 1 N–H and O–H groups in total. The normalized spacial score (nSPS) is 11.9. The molecule has 0 aliphatic heterocycles. The predicted octanol–water partition coefficient (Wildman–Crippen LogP) is 5.57. The molecule has 0 heterocycles. The van der Waals surface area contributed by atoms with Crippen LogP contribution in [0.1, 0.15) is 11.1 Å². The Kier molecular flexibility index (Phi) is 10.0. The number of carbonyl (C=O) groups excluding carboxylic acids is 2. The number of likely N-dealkylation sites (N-methyl/N-ethyl adjacent to an activating group) is 1. The van der Waals surface area contributed by atoms with Crippen molar-refractivity contribution >= 4 is 50.7 Å². The monoisotopic (exact) mass is 609 g/mol. The number of carbonyl (C=O) groups is 2. The van der Waals surface area contributed by atoms with E-state index in [2.05, 4.69) is 5.32 Å². The standard InChI is InChI=1S/C31H29Cl2N3O4S/c1-34-31(38)29(19-23-11-5-2-6-12-23)35(21-24-13-7-3-8-14-24)30(37)22-36(25-17-18-27(32)28(33)20-25)41(39,40)26-15-9-4-10-16-26/h2-18,20,29H,19,21-22H2,1H3,(H,34,38). The number of benzene rings is 4. The van der Waals surface area contributed by atoms with Crippen molar-refractivity contribution in [3.63, 3.8) is 0 Å². The molecule has 0 bridgehead atoms. The van der Waals surface area contributed by atoms with Gasteiger partial charge in [0.25, 0.3) is 10.0 Å². The van der Waals surface area contributed by atoms with Gasteiger partial charge in [0.15, 0.2) is 0 Å². The van der Waals surface area contributed by atoms with Gasteiger partial charge in [0.05, 0.1) is 20.6 Å². The van der Waals surface area contributed by atoms with Crippen LogP contribution in [-0.2, 0) is 32.6 Å². The fraction of sp³-hybridized carbons (Fsp3) is 0.161. The van der Waals surface area contributed by atoms with E-state index in [-0.39, 0.29) is 39.5 Å². The van der Waals surface area contributed by atoms with Crippen molar-refractivity contribution in [2.45, 2.75) is 23.9 Å². The zero-order valence-corrected chi connectivity index (χ0v) is 24.6. The van der Waals surface area contributed by atoms with Crippen molar-refractivity contribution in [3.05, 3.63) is 130 Å². The van der Waals surface area contributed by atoms with Gasteiger partial charge in [-0.25, -0.2) is 8.42 Å². The van der Waals surface area contributed by atoms with Crippen molar-refractivity contribution in [3.8, 4) is 0 Å². The summed E-state index contributed by atoms with van der Waals surface area (Å²) < 4.78 is 28.8. The molecule has 0 spiro atoms. The molecule has 4 rings (SSSR count). The Labute approximate surface area is 250 Å². The van der Waals surface area contributed by atoms with Crippen LogP contribution < -0.4 is 9.62 Å². The minimum absolute atomic E-state index is 0.000573. The highest BCUT2D eigenvalue weighted by molar-refractivity contribution is 7.92. The van der Waals surface area contributed by atoms with E-state index in [1.807, 2.05) is 60.7 Å². The molecular formula is C31H29Cl2N3O4S. The van der Waals surface area contributed by atoms with Gasteiger partial charge >= 0.3 is 0 Å². The molecule has 1 unspecified atom stereocenters. The second kappa shape index (κ2) is 13.7. The lowest BCUT2D eigenvalue weighted by atomic mass is 10.0. The highest BCUT2D eigenvalue weighted by Crippen LogP contribution is 2.31. The smallest absolute Gasteiger partial charge is 0.264 e. The number of rotatable bonds is 11. The lowest BCUT2D eigenvalue weighted by Gasteiger charge is -2.33. The van der Waals surface area contributed by atoms with Gasteiger partial charge in [-0.05, 0) is 41.5 Å². The van der Waals surface area contributed by atoms with Crippen LogP contribution in [-0.4, -0.2) is 44.8 Å². The van der Waals surface area contributed by atoms with E-state index in [1.165, 1.54) is 42.3 Å². The largest absolute Gasteiger partial charge is 0.357 e. The van der Waals surface area contributed by atoms with E-state index in [1.54, 1.807) is 18.2 Å². The highest BCUT2D eigenvalue weighted by atomic mass is 35.5. The molecule has 2 amide bonds. The van der Waals surface area contributed by atoms with Crippen molar-refractivity contribution in [1.29, 1.82) is 0 Å². The molecule has 1 atom stereocenters. The molecule has 0 saturated heterocycles. The molecule has 0 aromatic heterocycles. The lowest BCUT2D eigenvalue weighted by molar-refractivity contribution is -0.139. The molecule has 0 radical (unpaired) electrons. The molecule has 0 aliphatic carbocycles. The lowest BCUT2D eigenvalue weighted by Crippen LogP contribution is -2.53. The summed E-state index contributed by atoms with van der Waals surface area (Å²) in [5.74, 6) is -0.936. The molecule has 212 valence electrons. The van der Waals surface area contributed by atoms with E-state index in [0.717, 1.165) is 15.4 Å². The summed E-state index contributed by atoms with van der Waals surface area (Å²) in [6.07, 6.45) is 0.233. The van der Waals surface area contributed by atoms with Crippen LogP contribution in [0.2, 0.25) is 10.0 Å². The number of amides is 2. The summed E-state index contributed by atoms with van der Waals surface area (Å²) in [5.41, 5.74) is 1.80. The van der Waals surface area contributed by atoms with E-state index in [0.29, 0.717) is 0 Å². The zero-order chi connectivity index (χ0) is 29.4. The van der Waals surface area contributed by atoms with Gasteiger partial charge in [-0.15, -0.1) is 0 Å². The number of sulfonamides is 1. The van der Waals surface area contributed by atoms with E-state index < -0.39 is 28.5 Å². The minimum Gasteiger partial charge on any atom is -0.357 e. The summed E-state index contributed by atoms with van der Waals surface area (Å²) in [6.45, 7) is -0.491. The molecular weight excluding hydrogens is 581 g/mol. The fourth-order valence-electron chi connectivity index (χ4n) is 4.39. The molecule has 4 aromatic rings. The zero-order valence-electron chi connectivity index (χ0n) is 22.3. The molecule has 4 aromatic carbocycles. The van der Waals surface area contributed by atoms with Gasteiger partial charge in [-0.3, -0.25) is 13.9 Å². The first-order valence-electron chi connectivity index (χ1n) is 12.8. The third-order valence-corrected chi connectivity index (χ3v) is 9.04. The maximum atomic E-state index is 14.2. The van der Waals surface area contributed by atoms with Crippen molar-refractivity contribution in [2.75, 3.05) is 17.9 Å². The van der Waals surface area contributed by atoms with Crippen molar-refractivity contribution in [2.24, 2.45) is 0 Å². The van der Waals surface area contributed by atoms with Crippen LogP contribution >= 0.6 is 23.2 Å². The van der Waals surface area contributed by atoms with Crippen LogP contribution in [0.4, 0.5) is 5.69 Å². The Balaban J connectivity index is 1.78. The first-order chi connectivity index (χ1) is 19.7. The van der Waals surface area contributed by atoms with Gasteiger partial charge in [0.1, 0.15) is 12.6 Å². The molecule has 41 heavy (non-hydrogen) atoms. The molecule has 0 saturated carbocycles. The first-order valence-corrected chi connectivity index (χ1v) is 15.0. The van der Waals surface area contributed by atoms with E-state index in [4.69, 9.17) is 23.2 Å². The van der Waals surface area contributed by atoms with Gasteiger partial charge < -0.3 is 10.2 Å². The maximum absolute atomic E-state index is 14.2. The number of nitrogens with zero attached hydrogens (tertiary/aromatic N) is 2. The molecule has 10 heteroatoms. The number of hydrogen-bond acceptors (Lipinski definition) is 4. The van der Waals surface area contributed by atoms with Crippen molar-refractivity contribution in [1.82, 2.24) is 10.2 Å². The van der Waals surface area contributed by atoms with Gasteiger partial charge in [-0.1, -0.05) is 102 Å². The summed E-state index contributed by atoms with van der Waals surface area (Å²) >= 11 is 12.4. The van der Waals surface area contributed by atoms with Crippen LogP contribution in [0.3, 0.4) is 0 Å². The van der Waals surface area contributed by atoms with Crippen LogP contribution in [0.15, 0.2) is 114 Å². The Hall–Kier alpha value is -3.85. The fourth-order valence-corrected chi connectivity index (χ4v) is 6.11. The summed E-state index contributed by atoms with van der Waals surface area (Å²) in [7, 11) is -2.70. The highest BCUT2D eigenvalue weighted by Gasteiger charge is 2.34. The Morgan fingerprint density at radius 1 is 0.780 bits per heavy atom. The summed E-state index contributed by atoms with van der Waals surface area (Å²) in [4.78, 5) is 28.9. The second-order valence-corrected chi connectivity index (χ2v) is 11.9. The number of halogens is 2. The average molecular weight is 611 g/mol. The van der Waals surface area contributed by atoms with Gasteiger partial charge in [0.2, 0.25) is 11.8 Å². The molecule has 0 aliphatic rings. The first kappa shape index (κ1) is 30.1. The second-order valence-electron chi connectivity index (χ2n) is 9.25. The minimum atomic E-state index is -4.21.